The van der Waals surface area contributed by atoms with Gasteiger partial charge in [0.25, 0.3) is 0 Å². The fourth-order valence-electron chi connectivity index (χ4n) is 2.50. The average molecular weight is 218 g/mol. The van der Waals surface area contributed by atoms with Crippen LogP contribution in [-0.2, 0) is 11.2 Å². The molecule has 1 aromatic rings. The molecule has 0 saturated carbocycles. The molecule has 0 radical (unpaired) electrons. The van der Waals surface area contributed by atoms with Crippen LogP contribution in [0.4, 0.5) is 0 Å². The van der Waals surface area contributed by atoms with Gasteiger partial charge in [-0.05, 0) is 50.5 Å². The standard InChI is InChI=1S/C15H22O/c1-13-4-2-6-15(12-13)7-3-5-14-8-10-16-11-9-14/h2,4,6,12,14H,3,5,7-11H2,1H3. The molecular formula is C15H22O. The van der Waals surface area contributed by atoms with Crippen LogP contribution in [0.5, 0.6) is 0 Å². The molecule has 1 nitrogen and oxygen atoms in total. The molecule has 0 amide bonds. The molecule has 0 N–H and O–H groups in total. The van der Waals surface area contributed by atoms with Crippen molar-refractivity contribution in [3.05, 3.63) is 35.4 Å². The Kier molecular flexibility index (Phi) is 4.41. The summed E-state index contributed by atoms with van der Waals surface area (Å²) in [7, 11) is 0. The van der Waals surface area contributed by atoms with Crippen molar-refractivity contribution in [1.29, 1.82) is 0 Å². The van der Waals surface area contributed by atoms with Crippen molar-refractivity contribution in [2.75, 3.05) is 13.2 Å². The molecule has 1 fully saturated rings. The molecule has 1 heterocycles. The van der Waals surface area contributed by atoms with Crippen LogP contribution in [0.25, 0.3) is 0 Å². The number of rotatable bonds is 4. The summed E-state index contributed by atoms with van der Waals surface area (Å²) in [5.41, 5.74) is 2.87. The van der Waals surface area contributed by atoms with Crippen molar-refractivity contribution >= 4 is 0 Å². The molecule has 1 aliphatic heterocycles. The highest BCUT2D eigenvalue weighted by molar-refractivity contribution is 5.22. The zero-order valence-corrected chi connectivity index (χ0v) is 10.2. The molecule has 0 atom stereocenters. The van der Waals surface area contributed by atoms with Gasteiger partial charge in [-0.25, -0.2) is 0 Å². The second-order valence-corrected chi connectivity index (χ2v) is 4.94. The molecule has 0 spiro atoms. The first-order valence-corrected chi connectivity index (χ1v) is 6.48. The number of hydrogen-bond acceptors (Lipinski definition) is 1. The minimum Gasteiger partial charge on any atom is -0.381 e. The maximum Gasteiger partial charge on any atom is 0.0468 e. The van der Waals surface area contributed by atoms with E-state index in [4.69, 9.17) is 4.74 Å². The Morgan fingerprint density at radius 2 is 2.06 bits per heavy atom. The minimum absolute atomic E-state index is 0.915. The Balaban J connectivity index is 1.71. The van der Waals surface area contributed by atoms with Crippen LogP contribution in [0, 0.1) is 12.8 Å². The van der Waals surface area contributed by atoms with E-state index in [1.165, 1.54) is 43.2 Å². The van der Waals surface area contributed by atoms with Crippen LogP contribution in [0.2, 0.25) is 0 Å². The second-order valence-electron chi connectivity index (χ2n) is 4.94. The zero-order valence-electron chi connectivity index (χ0n) is 10.2. The van der Waals surface area contributed by atoms with Gasteiger partial charge in [-0.2, -0.15) is 0 Å². The SMILES string of the molecule is Cc1cccc(CCCC2CCOCC2)c1. The van der Waals surface area contributed by atoms with E-state index in [0.717, 1.165) is 19.1 Å². The summed E-state index contributed by atoms with van der Waals surface area (Å²) in [6.45, 7) is 4.13. The predicted molar refractivity (Wildman–Crippen MR) is 67.7 cm³/mol. The van der Waals surface area contributed by atoms with E-state index in [1.54, 1.807) is 0 Å². The number of aryl methyl sites for hydroxylation is 2. The van der Waals surface area contributed by atoms with E-state index in [0.29, 0.717) is 0 Å². The zero-order chi connectivity index (χ0) is 11.2. The summed E-state index contributed by atoms with van der Waals surface area (Å²) >= 11 is 0. The fourth-order valence-corrected chi connectivity index (χ4v) is 2.50. The van der Waals surface area contributed by atoms with Crippen LogP contribution < -0.4 is 0 Å². The molecular weight excluding hydrogens is 196 g/mol. The predicted octanol–water partition coefficient (Wildman–Crippen LogP) is 3.74. The van der Waals surface area contributed by atoms with Gasteiger partial charge in [0, 0.05) is 13.2 Å². The summed E-state index contributed by atoms with van der Waals surface area (Å²) in [4.78, 5) is 0. The largest absolute Gasteiger partial charge is 0.381 e. The Bertz CT molecular complexity index is 313. The first-order valence-electron chi connectivity index (χ1n) is 6.48. The lowest BCUT2D eigenvalue weighted by atomic mass is 9.93. The number of benzene rings is 1. The highest BCUT2D eigenvalue weighted by Gasteiger charge is 2.12. The number of ether oxygens (including phenoxy) is 1. The third-order valence-electron chi connectivity index (χ3n) is 3.50. The van der Waals surface area contributed by atoms with Gasteiger partial charge in [-0.1, -0.05) is 29.8 Å². The van der Waals surface area contributed by atoms with Crippen LogP contribution in [-0.4, -0.2) is 13.2 Å². The van der Waals surface area contributed by atoms with E-state index < -0.39 is 0 Å². The van der Waals surface area contributed by atoms with E-state index >= 15 is 0 Å². The first-order chi connectivity index (χ1) is 7.84. The average Bonchev–Trinajstić information content (AvgIpc) is 2.30. The quantitative estimate of drug-likeness (QED) is 0.748. The summed E-state index contributed by atoms with van der Waals surface area (Å²) in [6, 6.07) is 8.89. The maximum atomic E-state index is 5.38. The molecule has 1 saturated heterocycles. The molecule has 1 aliphatic rings. The highest BCUT2D eigenvalue weighted by Crippen LogP contribution is 2.21. The van der Waals surface area contributed by atoms with Crippen LogP contribution in [0.15, 0.2) is 24.3 Å². The molecule has 0 bridgehead atoms. The molecule has 0 aromatic heterocycles. The highest BCUT2D eigenvalue weighted by atomic mass is 16.5. The molecule has 0 unspecified atom stereocenters. The molecule has 88 valence electrons. The Hall–Kier alpha value is -0.820. The Morgan fingerprint density at radius 1 is 1.25 bits per heavy atom. The third-order valence-corrected chi connectivity index (χ3v) is 3.50. The second kappa shape index (κ2) is 6.05. The van der Waals surface area contributed by atoms with Gasteiger partial charge in [-0.15, -0.1) is 0 Å². The Labute approximate surface area is 98.8 Å². The molecule has 0 aliphatic carbocycles. The lowest BCUT2D eigenvalue weighted by Crippen LogP contribution is -2.15. The fraction of sp³-hybridized carbons (Fsp3) is 0.600. The monoisotopic (exact) mass is 218 g/mol. The molecule has 1 heteroatoms. The van der Waals surface area contributed by atoms with Gasteiger partial charge in [0.2, 0.25) is 0 Å². The van der Waals surface area contributed by atoms with Gasteiger partial charge in [0.15, 0.2) is 0 Å². The van der Waals surface area contributed by atoms with E-state index in [2.05, 4.69) is 31.2 Å². The minimum atomic E-state index is 0.915. The summed E-state index contributed by atoms with van der Waals surface area (Å²) in [6.07, 6.45) is 6.48. The van der Waals surface area contributed by atoms with Gasteiger partial charge < -0.3 is 4.74 Å². The van der Waals surface area contributed by atoms with E-state index in [1.807, 2.05) is 0 Å². The smallest absolute Gasteiger partial charge is 0.0468 e. The Morgan fingerprint density at radius 3 is 2.81 bits per heavy atom. The lowest BCUT2D eigenvalue weighted by Gasteiger charge is -2.21. The van der Waals surface area contributed by atoms with Crippen molar-refractivity contribution in [3.8, 4) is 0 Å². The normalized spacial score (nSPS) is 17.6. The maximum absolute atomic E-state index is 5.38. The molecule has 16 heavy (non-hydrogen) atoms. The lowest BCUT2D eigenvalue weighted by molar-refractivity contribution is 0.0633. The number of hydrogen-bond donors (Lipinski definition) is 0. The van der Waals surface area contributed by atoms with Crippen molar-refractivity contribution in [1.82, 2.24) is 0 Å². The third kappa shape index (κ3) is 3.64. The van der Waals surface area contributed by atoms with Crippen molar-refractivity contribution in [3.63, 3.8) is 0 Å². The first kappa shape index (κ1) is 11.7. The van der Waals surface area contributed by atoms with Crippen LogP contribution in [0.3, 0.4) is 0 Å². The topological polar surface area (TPSA) is 9.23 Å². The van der Waals surface area contributed by atoms with E-state index in [-0.39, 0.29) is 0 Å². The van der Waals surface area contributed by atoms with Gasteiger partial charge in [0.05, 0.1) is 0 Å². The van der Waals surface area contributed by atoms with E-state index in [9.17, 15) is 0 Å². The van der Waals surface area contributed by atoms with Crippen molar-refractivity contribution in [2.45, 2.75) is 39.0 Å². The summed E-state index contributed by atoms with van der Waals surface area (Å²) in [5.74, 6) is 0.915. The van der Waals surface area contributed by atoms with Gasteiger partial charge in [-0.3, -0.25) is 0 Å². The van der Waals surface area contributed by atoms with Crippen molar-refractivity contribution < 1.29 is 4.74 Å². The summed E-state index contributed by atoms with van der Waals surface area (Å²) in [5, 5.41) is 0. The summed E-state index contributed by atoms with van der Waals surface area (Å²) < 4.78 is 5.38. The van der Waals surface area contributed by atoms with Crippen LogP contribution in [0.1, 0.15) is 36.8 Å². The molecule has 1 aromatic carbocycles. The van der Waals surface area contributed by atoms with Crippen LogP contribution >= 0.6 is 0 Å². The van der Waals surface area contributed by atoms with Crippen molar-refractivity contribution in [2.24, 2.45) is 5.92 Å². The van der Waals surface area contributed by atoms with Gasteiger partial charge in [0.1, 0.15) is 0 Å². The van der Waals surface area contributed by atoms with Gasteiger partial charge >= 0.3 is 0 Å². The molecule has 2 rings (SSSR count).